The molecule has 1 heterocycles. The van der Waals surface area contributed by atoms with Crippen molar-refractivity contribution < 1.29 is 9.59 Å². The molecule has 0 spiro atoms. The highest BCUT2D eigenvalue weighted by Gasteiger charge is 2.26. The predicted molar refractivity (Wildman–Crippen MR) is 118 cm³/mol. The maximum absolute atomic E-state index is 13.1. The van der Waals surface area contributed by atoms with Gasteiger partial charge in [-0.25, -0.2) is 0 Å². The van der Waals surface area contributed by atoms with Gasteiger partial charge < -0.3 is 10.6 Å². The van der Waals surface area contributed by atoms with E-state index in [1.54, 1.807) is 34.9 Å². The van der Waals surface area contributed by atoms with Gasteiger partial charge in [0.2, 0.25) is 5.91 Å². The van der Waals surface area contributed by atoms with Gasteiger partial charge in [0, 0.05) is 39.0 Å². The molecule has 4 nitrogen and oxygen atoms in total. The summed E-state index contributed by atoms with van der Waals surface area (Å²) < 4.78 is 0. The molecule has 3 aromatic carbocycles. The van der Waals surface area contributed by atoms with E-state index in [0.717, 1.165) is 32.5 Å². The van der Waals surface area contributed by atoms with Crippen molar-refractivity contribution in [2.75, 3.05) is 11.4 Å². The summed E-state index contributed by atoms with van der Waals surface area (Å²) in [4.78, 5) is 27.4. The maximum atomic E-state index is 13.1. The Morgan fingerprint density at radius 3 is 2.55 bits per heavy atom. The fourth-order valence-electron chi connectivity index (χ4n) is 3.41. The Morgan fingerprint density at radius 2 is 1.79 bits per heavy atom. The molecule has 6 heteroatoms. The highest BCUT2D eigenvalue weighted by atomic mass is 35.5. The topological polar surface area (TPSA) is 63.4 Å². The number of hydrogen-bond donors (Lipinski definition) is 1. The molecule has 3 aromatic rings. The molecule has 0 radical (unpaired) electrons. The van der Waals surface area contributed by atoms with Crippen molar-refractivity contribution in [2.24, 2.45) is 5.73 Å². The summed E-state index contributed by atoms with van der Waals surface area (Å²) in [6.07, 6.45) is 0.717. The number of nitrogens with zero attached hydrogens (tertiary/aromatic N) is 1. The molecule has 2 amide bonds. The van der Waals surface area contributed by atoms with E-state index in [1.165, 1.54) is 0 Å². The molecule has 2 N–H and O–H groups in total. The zero-order valence-corrected chi connectivity index (χ0v) is 17.2. The highest BCUT2D eigenvalue weighted by molar-refractivity contribution is 7.98. The van der Waals surface area contributed by atoms with E-state index in [0.29, 0.717) is 24.1 Å². The summed E-state index contributed by atoms with van der Waals surface area (Å²) >= 11 is 7.63. The Hall–Kier alpha value is -2.76. The molecule has 4 rings (SSSR count). The van der Waals surface area contributed by atoms with Crippen molar-refractivity contribution in [3.05, 3.63) is 94.0 Å². The Balaban J connectivity index is 1.49. The van der Waals surface area contributed by atoms with Crippen LogP contribution >= 0.6 is 23.4 Å². The third-order valence-corrected chi connectivity index (χ3v) is 6.23. The maximum Gasteiger partial charge on any atom is 0.258 e. The molecule has 0 bridgehead atoms. The first-order valence-electron chi connectivity index (χ1n) is 9.23. The van der Waals surface area contributed by atoms with Gasteiger partial charge in [0.05, 0.1) is 0 Å². The molecular weight excluding hydrogens is 404 g/mol. The van der Waals surface area contributed by atoms with Crippen LogP contribution in [-0.2, 0) is 12.2 Å². The van der Waals surface area contributed by atoms with Crippen LogP contribution in [-0.4, -0.2) is 18.4 Å². The van der Waals surface area contributed by atoms with E-state index in [2.05, 4.69) is 0 Å². The lowest BCUT2D eigenvalue weighted by atomic mass is 10.1. The lowest BCUT2D eigenvalue weighted by Gasteiger charge is -2.18. The molecule has 0 saturated carbocycles. The van der Waals surface area contributed by atoms with Crippen LogP contribution in [0.5, 0.6) is 0 Å². The van der Waals surface area contributed by atoms with Gasteiger partial charge in [-0.3, -0.25) is 9.59 Å². The summed E-state index contributed by atoms with van der Waals surface area (Å²) in [7, 11) is 0. The van der Waals surface area contributed by atoms with Crippen molar-refractivity contribution in [2.45, 2.75) is 17.1 Å². The zero-order chi connectivity index (χ0) is 20.4. The van der Waals surface area contributed by atoms with Gasteiger partial charge in [0.1, 0.15) is 0 Å². The fourth-order valence-corrected chi connectivity index (χ4v) is 4.38. The summed E-state index contributed by atoms with van der Waals surface area (Å²) in [6.45, 7) is 0.597. The van der Waals surface area contributed by atoms with Crippen molar-refractivity contribution in [3.63, 3.8) is 0 Å². The summed E-state index contributed by atoms with van der Waals surface area (Å²) in [5.41, 5.74) is 9.40. The van der Waals surface area contributed by atoms with E-state index >= 15 is 0 Å². The monoisotopic (exact) mass is 422 g/mol. The van der Waals surface area contributed by atoms with Crippen LogP contribution < -0.4 is 10.6 Å². The normalized spacial score (nSPS) is 12.7. The van der Waals surface area contributed by atoms with Crippen LogP contribution in [0.3, 0.4) is 0 Å². The molecule has 0 aromatic heterocycles. The number of hydrogen-bond acceptors (Lipinski definition) is 3. The smallest absolute Gasteiger partial charge is 0.258 e. The van der Waals surface area contributed by atoms with Gasteiger partial charge in [0.15, 0.2) is 0 Å². The van der Waals surface area contributed by atoms with Gasteiger partial charge in [-0.15, -0.1) is 11.8 Å². The third kappa shape index (κ3) is 4.31. The fraction of sp³-hybridized carbons (Fsp3) is 0.130. The Bertz CT molecular complexity index is 1080. The number of primary amides is 1. The molecule has 0 saturated heterocycles. The second kappa shape index (κ2) is 8.31. The van der Waals surface area contributed by atoms with E-state index in [-0.39, 0.29) is 5.91 Å². The Kier molecular flexibility index (Phi) is 5.60. The minimum atomic E-state index is -0.455. The van der Waals surface area contributed by atoms with Crippen molar-refractivity contribution >= 4 is 40.9 Å². The van der Waals surface area contributed by atoms with E-state index in [9.17, 15) is 9.59 Å². The lowest BCUT2D eigenvalue weighted by Crippen LogP contribution is -2.28. The molecule has 1 aliphatic heterocycles. The van der Waals surface area contributed by atoms with Crippen molar-refractivity contribution in [1.82, 2.24) is 0 Å². The summed E-state index contributed by atoms with van der Waals surface area (Å²) in [5, 5.41) is 0.718. The van der Waals surface area contributed by atoms with E-state index < -0.39 is 5.91 Å². The van der Waals surface area contributed by atoms with Crippen molar-refractivity contribution in [1.29, 1.82) is 0 Å². The van der Waals surface area contributed by atoms with Gasteiger partial charge >= 0.3 is 0 Å². The average molecular weight is 423 g/mol. The van der Waals surface area contributed by atoms with Gasteiger partial charge in [-0.05, 0) is 72.1 Å². The largest absolute Gasteiger partial charge is 0.366 e. The Labute approximate surface area is 178 Å². The number of amides is 2. The first-order valence-corrected chi connectivity index (χ1v) is 10.6. The van der Waals surface area contributed by atoms with Crippen LogP contribution in [0.1, 0.15) is 31.8 Å². The molecule has 0 atom stereocenters. The minimum absolute atomic E-state index is 0.0334. The van der Waals surface area contributed by atoms with Crippen LogP contribution in [0, 0.1) is 0 Å². The van der Waals surface area contributed by atoms with Gasteiger partial charge in [0.25, 0.3) is 5.91 Å². The third-order valence-electron chi connectivity index (χ3n) is 4.90. The van der Waals surface area contributed by atoms with Crippen LogP contribution in [0.4, 0.5) is 5.69 Å². The Morgan fingerprint density at radius 1 is 1.00 bits per heavy atom. The number of fused-ring (bicyclic) bond motifs is 1. The summed E-state index contributed by atoms with van der Waals surface area (Å²) in [6, 6.07) is 20.7. The van der Waals surface area contributed by atoms with E-state index in [4.69, 9.17) is 17.3 Å². The predicted octanol–water partition coefficient (Wildman–Crippen LogP) is 4.93. The number of carbonyl (C=O) groups excluding carboxylic acids is 2. The average Bonchev–Trinajstić information content (AvgIpc) is 3.16. The zero-order valence-electron chi connectivity index (χ0n) is 15.6. The van der Waals surface area contributed by atoms with Crippen LogP contribution in [0.15, 0.2) is 71.6 Å². The number of anilines is 1. The number of halogens is 1. The van der Waals surface area contributed by atoms with Crippen LogP contribution in [0.2, 0.25) is 5.02 Å². The standard InChI is InChI=1S/C23H19ClN2O2S/c24-19-5-7-20(8-6-19)29-14-15-2-1-3-18(12-15)23(28)26-11-10-16-13-17(22(25)27)4-9-21(16)26/h1-9,12-13H,10-11,14H2,(H2,25,27). The van der Waals surface area contributed by atoms with Gasteiger partial charge in [-0.1, -0.05) is 23.7 Å². The van der Waals surface area contributed by atoms with Crippen molar-refractivity contribution in [3.8, 4) is 0 Å². The minimum Gasteiger partial charge on any atom is -0.366 e. The molecule has 0 aliphatic carbocycles. The molecule has 0 unspecified atom stereocenters. The van der Waals surface area contributed by atoms with Gasteiger partial charge in [-0.2, -0.15) is 0 Å². The number of benzene rings is 3. The highest BCUT2D eigenvalue weighted by Crippen LogP contribution is 2.31. The molecule has 29 heavy (non-hydrogen) atoms. The first-order chi connectivity index (χ1) is 14.0. The second-order valence-electron chi connectivity index (χ2n) is 6.86. The number of thioether (sulfide) groups is 1. The SMILES string of the molecule is NC(=O)c1ccc2c(c1)CCN2C(=O)c1cccc(CSc2ccc(Cl)cc2)c1. The number of nitrogens with two attached hydrogens (primary N) is 1. The first kappa shape index (κ1) is 19.6. The number of carbonyl (C=O) groups is 2. The van der Waals surface area contributed by atoms with Crippen LogP contribution in [0.25, 0.3) is 0 Å². The lowest BCUT2D eigenvalue weighted by molar-refractivity contribution is 0.0985. The molecule has 146 valence electrons. The van der Waals surface area contributed by atoms with E-state index in [1.807, 2.05) is 48.5 Å². The second-order valence-corrected chi connectivity index (χ2v) is 8.34. The summed E-state index contributed by atoms with van der Waals surface area (Å²) in [5.74, 6) is 0.277. The quantitative estimate of drug-likeness (QED) is 0.592. The number of rotatable bonds is 5. The molecular formula is C23H19ClN2O2S. The molecule has 0 fully saturated rings. The molecule has 1 aliphatic rings.